The Kier molecular flexibility index (Phi) is 3.77. The number of benzene rings is 1. The molecule has 0 unspecified atom stereocenters. The van der Waals surface area contributed by atoms with Crippen LogP contribution in [-0.2, 0) is 13.1 Å². The molecule has 0 bridgehead atoms. The van der Waals surface area contributed by atoms with Crippen LogP contribution < -0.4 is 5.32 Å². The van der Waals surface area contributed by atoms with Crippen molar-refractivity contribution in [2.75, 3.05) is 6.54 Å². The first-order chi connectivity index (χ1) is 8.29. The van der Waals surface area contributed by atoms with Gasteiger partial charge in [0.2, 0.25) is 0 Å². The van der Waals surface area contributed by atoms with Crippen molar-refractivity contribution in [3.05, 3.63) is 47.8 Å². The average Bonchev–Trinajstić information content (AvgIpc) is 2.77. The molecule has 2 aromatic rings. The lowest BCUT2D eigenvalue weighted by Gasteiger charge is -2.08. The van der Waals surface area contributed by atoms with Gasteiger partial charge in [-0.15, -0.1) is 0 Å². The van der Waals surface area contributed by atoms with Gasteiger partial charge in [-0.3, -0.25) is 4.68 Å². The Hall–Kier alpha value is -1.81. The van der Waals surface area contributed by atoms with Crippen LogP contribution in [0.4, 0.5) is 0 Å². The summed E-state index contributed by atoms with van der Waals surface area (Å²) in [7, 11) is 0. The molecule has 1 heterocycles. The van der Waals surface area contributed by atoms with E-state index in [-0.39, 0.29) is 0 Å². The molecule has 90 valence electrons. The lowest BCUT2D eigenvalue weighted by Crippen LogP contribution is -2.16. The Morgan fingerprint density at radius 3 is 2.71 bits per heavy atom. The molecule has 17 heavy (non-hydrogen) atoms. The molecule has 2 N–H and O–H groups in total. The Morgan fingerprint density at radius 1 is 1.24 bits per heavy atom. The Bertz CT molecular complexity index is 462. The zero-order chi connectivity index (χ0) is 12.1. The zero-order valence-corrected chi connectivity index (χ0v) is 9.93. The van der Waals surface area contributed by atoms with E-state index >= 15 is 0 Å². The van der Waals surface area contributed by atoms with Crippen LogP contribution in [0, 0.1) is 0 Å². The van der Waals surface area contributed by atoms with Crippen LogP contribution in [0.1, 0.15) is 18.2 Å². The van der Waals surface area contributed by atoms with E-state index < -0.39 is 0 Å². The van der Waals surface area contributed by atoms with Gasteiger partial charge >= 0.3 is 0 Å². The third kappa shape index (κ3) is 3.07. The number of nitrogens with zero attached hydrogens (tertiary/aromatic N) is 2. The van der Waals surface area contributed by atoms with Gasteiger partial charge in [-0.05, 0) is 30.3 Å². The summed E-state index contributed by atoms with van der Waals surface area (Å²) in [4.78, 5) is 0. The molecule has 2 rings (SSSR count). The summed E-state index contributed by atoms with van der Waals surface area (Å²) in [5.74, 6) is 0.294. The zero-order valence-electron chi connectivity index (χ0n) is 9.93. The van der Waals surface area contributed by atoms with Crippen LogP contribution in [-0.4, -0.2) is 21.4 Å². The fraction of sp³-hybridized carbons (Fsp3) is 0.308. The molecule has 0 amide bonds. The van der Waals surface area contributed by atoms with Crippen LogP contribution in [0.3, 0.4) is 0 Å². The molecular formula is C13H17N3O. The summed E-state index contributed by atoms with van der Waals surface area (Å²) >= 11 is 0. The summed E-state index contributed by atoms with van der Waals surface area (Å²) < 4.78 is 1.97. The van der Waals surface area contributed by atoms with Crippen molar-refractivity contribution in [3.63, 3.8) is 0 Å². The third-order valence-corrected chi connectivity index (χ3v) is 2.63. The smallest absolute Gasteiger partial charge is 0.115 e. The first kappa shape index (κ1) is 11.7. The summed E-state index contributed by atoms with van der Waals surface area (Å²) in [6.07, 6.45) is 1.81. The van der Waals surface area contributed by atoms with Crippen molar-refractivity contribution < 1.29 is 5.11 Å². The molecule has 4 heteroatoms. The molecule has 0 radical (unpaired) electrons. The van der Waals surface area contributed by atoms with Crippen molar-refractivity contribution in [1.29, 1.82) is 0 Å². The maximum atomic E-state index is 9.22. The summed E-state index contributed by atoms with van der Waals surface area (Å²) in [5.41, 5.74) is 2.30. The third-order valence-electron chi connectivity index (χ3n) is 2.63. The molecule has 0 atom stereocenters. The highest BCUT2D eigenvalue weighted by Crippen LogP contribution is 2.11. The van der Waals surface area contributed by atoms with E-state index in [4.69, 9.17) is 0 Å². The molecule has 0 saturated carbocycles. The van der Waals surface area contributed by atoms with Crippen LogP contribution in [0.5, 0.6) is 5.75 Å². The molecule has 0 aliphatic carbocycles. The van der Waals surface area contributed by atoms with Gasteiger partial charge in [-0.1, -0.05) is 19.1 Å². The second kappa shape index (κ2) is 5.50. The number of hydrogen-bond acceptors (Lipinski definition) is 3. The highest BCUT2D eigenvalue weighted by atomic mass is 16.3. The largest absolute Gasteiger partial charge is 0.508 e. The number of nitrogens with one attached hydrogen (secondary N) is 1. The Balaban J connectivity index is 2.07. The Labute approximate surface area is 101 Å². The Morgan fingerprint density at radius 2 is 2.00 bits per heavy atom. The molecule has 1 aromatic heterocycles. The van der Waals surface area contributed by atoms with Crippen LogP contribution in [0.25, 0.3) is 0 Å². The molecule has 4 nitrogen and oxygen atoms in total. The summed E-state index contributed by atoms with van der Waals surface area (Å²) in [5, 5.41) is 16.8. The highest BCUT2D eigenvalue weighted by molar-refractivity contribution is 5.26. The van der Waals surface area contributed by atoms with Crippen molar-refractivity contribution >= 4 is 0 Å². The van der Waals surface area contributed by atoms with Gasteiger partial charge in [0, 0.05) is 12.7 Å². The van der Waals surface area contributed by atoms with Gasteiger partial charge in [0.05, 0.1) is 12.2 Å². The number of phenolic OH excluding ortho intramolecular Hbond substituents is 1. The van der Waals surface area contributed by atoms with Crippen molar-refractivity contribution in [1.82, 2.24) is 15.1 Å². The van der Waals surface area contributed by atoms with Crippen molar-refractivity contribution in [2.45, 2.75) is 20.0 Å². The van der Waals surface area contributed by atoms with E-state index in [1.165, 1.54) is 5.69 Å². The molecule has 0 spiro atoms. The lowest BCUT2D eigenvalue weighted by molar-refractivity contribution is 0.475. The van der Waals surface area contributed by atoms with E-state index in [0.29, 0.717) is 5.75 Å². The predicted molar refractivity (Wildman–Crippen MR) is 66.8 cm³/mol. The van der Waals surface area contributed by atoms with Crippen LogP contribution in [0.2, 0.25) is 0 Å². The molecule has 0 fully saturated rings. The lowest BCUT2D eigenvalue weighted by atomic mass is 10.2. The van der Waals surface area contributed by atoms with Crippen LogP contribution >= 0.6 is 0 Å². The number of hydrogen-bond donors (Lipinski definition) is 2. The number of rotatable bonds is 5. The monoisotopic (exact) mass is 231 g/mol. The minimum absolute atomic E-state index is 0.294. The van der Waals surface area contributed by atoms with Gasteiger partial charge in [0.1, 0.15) is 5.75 Å². The normalized spacial score (nSPS) is 10.6. The van der Waals surface area contributed by atoms with Crippen molar-refractivity contribution in [2.24, 2.45) is 0 Å². The molecule has 1 aromatic carbocycles. The van der Waals surface area contributed by atoms with Crippen LogP contribution in [0.15, 0.2) is 36.5 Å². The summed E-state index contributed by atoms with van der Waals surface area (Å²) in [6, 6.07) is 9.23. The van der Waals surface area contributed by atoms with Gasteiger partial charge < -0.3 is 10.4 Å². The highest BCUT2D eigenvalue weighted by Gasteiger charge is 2.02. The molecule has 0 aliphatic rings. The minimum Gasteiger partial charge on any atom is -0.508 e. The maximum absolute atomic E-state index is 9.22. The second-order valence-electron chi connectivity index (χ2n) is 3.93. The van der Waals surface area contributed by atoms with E-state index in [0.717, 1.165) is 25.2 Å². The first-order valence-electron chi connectivity index (χ1n) is 5.79. The van der Waals surface area contributed by atoms with Gasteiger partial charge in [0.15, 0.2) is 0 Å². The number of aromatic hydroxyl groups is 1. The predicted octanol–water partition coefficient (Wildman–Crippen LogP) is 1.75. The van der Waals surface area contributed by atoms with Crippen molar-refractivity contribution in [3.8, 4) is 5.75 Å². The van der Waals surface area contributed by atoms with E-state index in [1.807, 2.05) is 29.1 Å². The van der Waals surface area contributed by atoms with E-state index in [2.05, 4.69) is 17.3 Å². The first-order valence-corrected chi connectivity index (χ1v) is 5.79. The molecule has 0 aliphatic heterocycles. The van der Waals surface area contributed by atoms with E-state index in [9.17, 15) is 5.11 Å². The fourth-order valence-corrected chi connectivity index (χ4v) is 1.68. The van der Waals surface area contributed by atoms with Gasteiger partial charge in [0.25, 0.3) is 0 Å². The van der Waals surface area contributed by atoms with Gasteiger partial charge in [-0.2, -0.15) is 5.10 Å². The fourth-order valence-electron chi connectivity index (χ4n) is 1.68. The molecular weight excluding hydrogens is 214 g/mol. The topological polar surface area (TPSA) is 50.1 Å². The van der Waals surface area contributed by atoms with Gasteiger partial charge in [-0.25, -0.2) is 0 Å². The average molecular weight is 231 g/mol. The van der Waals surface area contributed by atoms with E-state index in [1.54, 1.807) is 12.1 Å². The standard InChI is InChI=1S/C13H17N3O/c1-2-14-9-12-7-8-15-16(12)10-11-3-5-13(17)6-4-11/h3-8,14,17H,2,9-10H2,1H3. The minimum atomic E-state index is 0.294. The maximum Gasteiger partial charge on any atom is 0.115 e. The number of phenols is 1. The number of aromatic nitrogens is 2. The second-order valence-corrected chi connectivity index (χ2v) is 3.93. The molecule has 0 saturated heterocycles. The summed E-state index contributed by atoms with van der Waals surface area (Å²) in [6.45, 7) is 4.59. The SMILES string of the molecule is CCNCc1ccnn1Cc1ccc(O)cc1. The quantitative estimate of drug-likeness (QED) is 0.824.